The van der Waals surface area contributed by atoms with Gasteiger partial charge in [-0.2, -0.15) is 0 Å². The molecule has 2 unspecified atom stereocenters. The van der Waals surface area contributed by atoms with E-state index in [0.29, 0.717) is 0 Å². The minimum Gasteiger partial charge on any atom is -0.395 e. The van der Waals surface area contributed by atoms with Gasteiger partial charge in [0, 0.05) is 12.1 Å². The second kappa shape index (κ2) is 6.61. The van der Waals surface area contributed by atoms with Crippen LogP contribution in [0.25, 0.3) is 0 Å². The smallest absolute Gasteiger partial charge is 0.126 e. The summed E-state index contributed by atoms with van der Waals surface area (Å²) >= 11 is 0. The van der Waals surface area contributed by atoms with Crippen LogP contribution in [0, 0.1) is 5.82 Å². The lowest BCUT2D eigenvalue weighted by Gasteiger charge is -2.18. The van der Waals surface area contributed by atoms with Crippen molar-refractivity contribution in [1.82, 2.24) is 5.32 Å². The molecule has 0 saturated heterocycles. The number of aliphatic hydroxyl groups is 1. The van der Waals surface area contributed by atoms with Crippen molar-refractivity contribution in [3.8, 4) is 0 Å². The van der Waals surface area contributed by atoms with Crippen molar-refractivity contribution in [2.24, 2.45) is 0 Å². The van der Waals surface area contributed by atoms with Gasteiger partial charge >= 0.3 is 0 Å². The van der Waals surface area contributed by atoms with E-state index in [0.717, 1.165) is 18.4 Å². The molecule has 1 aromatic rings. The van der Waals surface area contributed by atoms with Crippen molar-refractivity contribution in [1.29, 1.82) is 0 Å². The number of rotatable bonds is 6. The van der Waals surface area contributed by atoms with Gasteiger partial charge in [-0.3, -0.25) is 0 Å². The highest BCUT2D eigenvalue weighted by molar-refractivity contribution is 5.17. The van der Waals surface area contributed by atoms with Crippen LogP contribution in [0.1, 0.15) is 25.8 Å². The monoisotopic (exact) mass is 225 g/mol. The third kappa shape index (κ3) is 4.29. The maximum Gasteiger partial charge on any atom is 0.126 e. The number of nitrogens with one attached hydrogen (secondary N) is 1. The summed E-state index contributed by atoms with van der Waals surface area (Å²) in [5, 5.41) is 12.1. The quantitative estimate of drug-likeness (QED) is 0.777. The average Bonchev–Trinajstić information content (AvgIpc) is 2.28. The summed E-state index contributed by atoms with van der Waals surface area (Å²) in [7, 11) is 0. The molecule has 2 nitrogen and oxygen atoms in total. The van der Waals surface area contributed by atoms with Crippen molar-refractivity contribution in [3.63, 3.8) is 0 Å². The SMILES string of the molecule is CC(CO)NC(C)CCc1ccccc1F. The molecule has 1 aromatic carbocycles. The maximum absolute atomic E-state index is 13.3. The fourth-order valence-corrected chi connectivity index (χ4v) is 1.69. The molecule has 2 atom stereocenters. The third-order valence-electron chi connectivity index (χ3n) is 2.65. The lowest BCUT2D eigenvalue weighted by molar-refractivity contribution is 0.241. The number of hydrogen-bond donors (Lipinski definition) is 2. The molecule has 3 heteroatoms. The first-order chi connectivity index (χ1) is 7.63. The highest BCUT2D eigenvalue weighted by Crippen LogP contribution is 2.10. The molecule has 1 rings (SSSR count). The second-order valence-corrected chi connectivity index (χ2v) is 4.28. The Hall–Kier alpha value is -0.930. The van der Waals surface area contributed by atoms with E-state index in [-0.39, 0.29) is 24.5 Å². The highest BCUT2D eigenvalue weighted by Gasteiger charge is 2.07. The first-order valence-electron chi connectivity index (χ1n) is 5.73. The third-order valence-corrected chi connectivity index (χ3v) is 2.65. The van der Waals surface area contributed by atoms with Crippen LogP contribution < -0.4 is 5.32 Å². The van der Waals surface area contributed by atoms with Gasteiger partial charge in [0.2, 0.25) is 0 Å². The normalized spacial score (nSPS) is 14.8. The Balaban J connectivity index is 2.37. The molecule has 0 heterocycles. The molecular weight excluding hydrogens is 205 g/mol. The van der Waals surface area contributed by atoms with E-state index in [9.17, 15) is 4.39 Å². The molecule has 0 aliphatic rings. The Kier molecular flexibility index (Phi) is 5.43. The molecule has 0 saturated carbocycles. The summed E-state index contributed by atoms with van der Waals surface area (Å²) in [4.78, 5) is 0. The molecule has 0 aliphatic heterocycles. The van der Waals surface area contributed by atoms with Gasteiger partial charge < -0.3 is 10.4 Å². The lowest BCUT2D eigenvalue weighted by Crippen LogP contribution is -2.37. The van der Waals surface area contributed by atoms with E-state index < -0.39 is 0 Å². The molecule has 0 spiro atoms. The molecular formula is C13H20FNO. The van der Waals surface area contributed by atoms with Crippen LogP contribution in [0.3, 0.4) is 0 Å². The lowest BCUT2D eigenvalue weighted by atomic mass is 10.1. The summed E-state index contributed by atoms with van der Waals surface area (Å²) < 4.78 is 13.3. The van der Waals surface area contributed by atoms with Crippen LogP contribution in [0.5, 0.6) is 0 Å². The predicted octanol–water partition coefficient (Wildman–Crippen LogP) is 2.12. The second-order valence-electron chi connectivity index (χ2n) is 4.28. The van der Waals surface area contributed by atoms with E-state index >= 15 is 0 Å². The van der Waals surface area contributed by atoms with Crippen molar-refractivity contribution >= 4 is 0 Å². The van der Waals surface area contributed by atoms with Gasteiger partial charge in [0.25, 0.3) is 0 Å². The predicted molar refractivity (Wildman–Crippen MR) is 63.9 cm³/mol. The summed E-state index contributed by atoms with van der Waals surface area (Å²) in [5.41, 5.74) is 0.757. The molecule has 16 heavy (non-hydrogen) atoms. The van der Waals surface area contributed by atoms with E-state index in [4.69, 9.17) is 5.11 Å². The fourth-order valence-electron chi connectivity index (χ4n) is 1.69. The molecule has 90 valence electrons. The van der Waals surface area contributed by atoms with Crippen LogP contribution in [-0.4, -0.2) is 23.8 Å². The van der Waals surface area contributed by atoms with E-state index in [1.54, 1.807) is 6.07 Å². The zero-order valence-electron chi connectivity index (χ0n) is 9.91. The maximum atomic E-state index is 13.3. The summed E-state index contributed by atoms with van der Waals surface area (Å²) in [6, 6.07) is 7.24. The Bertz CT molecular complexity index is 317. The summed E-state index contributed by atoms with van der Waals surface area (Å²) in [5.74, 6) is -0.134. The number of aryl methyl sites for hydroxylation is 1. The van der Waals surface area contributed by atoms with Gasteiger partial charge in [-0.1, -0.05) is 18.2 Å². The Labute approximate surface area is 96.5 Å². The van der Waals surface area contributed by atoms with Gasteiger partial charge in [-0.25, -0.2) is 4.39 Å². The Morgan fingerprint density at radius 3 is 2.56 bits per heavy atom. The standard InChI is InChI=1S/C13H20FNO/c1-10(15-11(2)9-16)7-8-12-5-3-4-6-13(12)14/h3-6,10-11,15-16H,7-9H2,1-2H3. The highest BCUT2D eigenvalue weighted by atomic mass is 19.1. The fraction of sp³-hybridized carbons (Fsp3) is 0.538. The topological polar surface area (TPSA) is 32.3 Å². The molecule has 0 fully saturated rings. The van der Waals surface area contributed by atoms with Crippen LogP contribution in [0.15, 0.2) is 24.3 Å². The average molecular weight is 225 g/mol. The van der Waals surface area contributed by atoms with Gasteiger partial charge in [-0.15, -0.1) is 0 Å². The molecule has 0 aromatic heterocycles. The van der Waals surface area contributed by atoms with Crippen LogP contribution >= 0.6 is 0 Å². The number of halogens is 1. The summed E-state index contributed by atoms with van der Waals surface area (Å²) in [6.45, 7) is 4.11. The van der Waals surface area contributed by atoms with Gasteiger partial charge in [0.05, 0.1) is 6.61 Å². The Morgan fingerprint density at radius 1 is 1.25 bits per heavy atom. The zero-order valence-corrected chi connectivity index (χ0v) is 9.91. The number of benzene rings is 1. The van der Waals surface area contributed by atoms with Gasteiger partial charge in [0.1, 0.15) is 5.82 Å². The minimum absolute atomic E-state index is 0.0932. The van der Waals surface area contributed by atoms with Crippen LogP contribution in [0.4, 0.5) is 4.39 Å². The van der Waals surface area contributed by atoms with E-state index in [1.807, 2.05) is 26.0 Å². The van der Waals surface area contributed by atoms with Crippen molar-refractivity contribution < 1.29 is 9.50 Å². The van der Waals surface area contributed by atoms with Crippen molar-refractivity contribution in [2.45, 2.75) is 38.8 Å². The minimum atomic E-state index is -0.134. The largest absolute Gasteiger partial charge is 0.395 e. The molecule has 0 bridgehead atoms. The number of aliphatic hydroxyl groups excluding tert-OH is 1. The first-order valence-corrected chi connectivity index (χ1v) is 5.73. The zero-order chi connectivity index (χ0) is 12.0. The van der Waals surface area contributed by atoms with Crippen LogP contribution in [0.2, 0.25) is 0 Å². The molecule has 0 amide bonds. The Morgan fingerprint density at radius 2 is 1.94 bits per heavy atom. The van der Waals surface area contributed by atoms with Gasteiger partial charge in [0.15, 0.2) is 0 Å². The van der Waals surface area contributed by atoms with Gasteiger partial charge in [-0.05, 0) is 38.3 Å². The van der Waals surface area contributed by atoms with E-state index in [2.05, 4.69) is 5.32 Å². The molecule has 0 radical (unpaired) electrons. The van der Waals surface area contributed by atoms with E-state index in [1.165, 1.54) is 6.07 Å². The van der Waals surface area contributed by atoms with Crippen LogP contribution in [-0.2, 0) is 6.42 Å². The van der Waals surface area contributed by atoms with Crippen molar-refractivity contribution in [2.75, 3.05) is 6.61 Å². The first kappa shape index (κ1) is 13.1. The number of hydrogen-bond acceptors (Lipinski definition) is 2. The molecule has 0 aliphatic carbocycles. The van der Waals surface area contributed by atoms with Crippen molar-refractivity contribution in [3.05, 3.63) is 35.6 Å². The summed E-state index contributed by atoms with van der Waals surface area (Å²) in [6.07, 6.45) is 1.59. The molecule has 2 N–H and O–H groups in total.